The average molecular weight is 450 g/mol. The number of ether oxygens (including phenoxy) is 1. The molecule has 0 aromatic heterocycles. The van der Waals surface area contributed by atoms with E-state index in [0.717, 1.165) is 43.5 Å². The fourth-order valence-electron chi connectivity index (χ4n) is 3.75. The molecular weight excluding hydrogens is 422 g/mol. The predicted molar refractivity (Wildman–Crippen MR) is 130 cm³/mol. The first-order valence-electron chi connectivity index (χ1n) is 10.7. The van der Waals surface area contributed by atoms with Gasteiger partial charge in [-0.3, -0.25) is 19.4 Å². The summed E-state index contributed by atoms with van der Waals surface area (Å²) in [5.74, 6) is 0.408. The number of carbonyl (C=O) groups excluding carboxylic acids is 2. The summed E-state index contributed by atoms with van der Waals surface area (Å²) in [7, 11) is 0. The van der Waals surface area contributed by atoms with Crippen LogP contribution >= 0.6 is 11.8 Å². The Morgan fingerprint density at radius 1 is 1.03 bits per heavy atom. The summed E-state index contributed by atoms with van der Waals surface area (Å²) in [5.41, 5.74) is 3.22. The lowest BCUT2D eigenvalue weighted by Crippen LogP contribution is -2.50. The molecule has 6 nitrogen and oxygen atoms in total. The van der Waals surface area contributed by atoms with Crippen LogP contribution in [0, 0.1) is 6.92 Å². The number of nitrogens with zero attached hydrogens (tertiary/aromatic N) is 3. The topological polar surface area (TPSA) is 53.1 Å². The second-order valence-corrected chi connectivity index (χ2v) is 8.82. The maximum atomic E-state index is 13.0. The molecule has 2 aromatic carbocycles. The number of piperazine rings is 1. The Bertz CT molecular complexity index is 1030. The highest BCUT2D eigenvalue weighted by Crippen LogP contribution is 2.34. The molecule has 2 heterocycles. The highest BCUT2D eigenvalue weighted by Gasteiger charge is 2.36. The Morgan fingerprint density at radius 3 is 2.47 bits per heavy atom. The molecule has 0 radical (unpaired) electrons. The molecule has 2 amide bonds. The SMILES string of the molecule is C=CCOc1ccccc1/C=C1/SC(=O)N(CN2CCN(c3ccc(C)cc3)CC2)C1=O. The Labute approximate surface area is 193 Å². The van der Waals surface area contributed by atoms with E-state index in [4.69, 9.17) is 4.74 Å². The van der Waals surface area contributed by atoms with E-state index in [1.807, 2.05) is 24.3 Å². The maximum Gasteiger partial charge on any atom is 0.294 e. The lowest BCUT2D eigenvalue weighted by atomic mass is 10.2. The zero-order chi connectivity index (χ0) is 22.5. The number of hydrogen-bond donors (Lipinski definition) is 0. The van der Waals surface area contributed by atoms with Gasteiger partial charge in [-0.15, -0.1) is 0 Å². The number of hydrogen-bond acceptors (Lipinski definition) is 6. The van der Waals surface area contributed by atoms with Gasteiger partial charge < -0.3 is 9.64 Å². The van der Waals surface area contributed by atoms with Crippen molar-refractivity contribution < 1.29 is 14.3 Å². The molecule has 2 aliphatic heterocycles. The molecule has 0 bridgehead atoms. The number of thioether (sulfide) groups is 1. The third-order valence-corrected chi connectivity index (χ3v) is 6.46. The number of anilines is 1. The Morgan fingerprint density at radius 2 is 1.75 bits per heavy atom. The molecule has 0 spiro atoms. The Balaban J connectivity index is 1.38. The summed E-state index contributed by atoms with van der Waals surface area (Å²) in [5, 5.41) is -0.230. The summed E-state index contributed by atoms with van der Waals surface area (Å²) in [6.45, 7) is 9.77. The quantitative estimate of drug-likeness (QED) is 0.462. The second kappa shape index (κ2) is 10.1. The first-order chi connectivity index (χ1) is 15.5. The number of aryl methyl sites for hydroxylation is 1. The van der Waals surface area contributed by atoms with Crippen molar-refractivity contribution >= 4 is 34.7 Å². The van der Waals surface area contributed by atoms with E-state index in [-0.39, 0.29) is 11.1 Å². The Hall–Kier alpha value is -3.03. The number of imide groups is 1. The normalized spacial score (nSPS) is 18.5. The van der Waals surface area contributed by atoms with Gasteiger partial charge in [0.05, 0.1) is 11.6 Å². The van der Waals surface area contributed by atoms with Crippen LogP contribution in [-0.4, -0.2) is 60.4 Å². The molecule has 2 aliphatic rings. The molecule has 0 unspecified atom stereocenters. The summed E-state index contributed by atoms with van der Waals surface area (Å²) in [6, 6.07) is 16.0. The van der Waals surface area contributed by atoms with Gasteiger partial charge in [0, 0.05) is 37.4 Å². The van der Waals surface area contributed by atoms with Crippen LogP contribution in [0.1, 0.15) is 11.1 Å². The molecule has 0 N–H and O–H groups in total. The fraction of sp³-hybridized carbons (Fsp3) is 0.280. The Kier molecular flexibility index (Phi) is 6.97. The van der Waals surface area contributed by atoms with Gasteiger partial charge in [0.2, 0.25) is 0 Å². The van der Waals surface area contributed by atoms with Crippen LogP contribution < -0.4 is 9.64 Å². The molecule has 0 aliphatic carbocycles. The third kappa shape index (κ3) is 5.06. The van der Waals surface area contributed by atoms with E-state index < -0.39 is 0 Å². The zero-order valence-corrected chi connectivity index (χ0v) is 19.0. The van der Waals surface area contributed by atoms with E-state index in [2.05, 4.69) is 47.6 Å². The van der Waals surface area contributed by atoms with Crippen molar-refractivity contribution in [2.24, 2.45) is 0 Å². The molecule has 4 rings (SSSR count). The summed E-state index contributed by atoms with van der Waals surface area (Å²) in [6.07, 6.45) is 3.40. The molecule has 0 saturated carbocycles. The van der Waals surface area contributed by atoms with Crippen molar-refractivity contribution in [3.63, 3.8) is 0 Å². The highest BCUT2D eigenvalue weighted by molar-refractivity contribution is 8.18. The van der Waals surface area contributed by atoms with Gasteiger partial charge in [-0.2, -0.15) is 0 Å². The van der Waals surface area contributed by atoms with Gasteiger partial charge in [-0.1, -0.05) is 48.6 Å². The number of amides is 2. The first kappa shape index (κ1) is 22.2. The van der Waals surface area contributed by atoms with E-state index in [9.17, 15) is 9.59 Å². The van der Waals surface area contributed by atoms with Gasteiger partial charge >= 0.3 is 0 Å². The second-order valence-electron chi connectivity index (χ2n) is 7.83. The molecule has 7 heteroatoms. The number of carbonyl (C=O) groups is 2. The molecule has 2 aromatic rings. The molecule has 0 atom stereocenters. The van der Waals surface area contributed by atoms with Gasteiger partial charge in [-0.25, -0.2) is 0 Å². The standard InChI is InChI=1S/C25H27N3O3S/c1-3-16-31-22-7-5-4-6-20(22)17-23-24(29)28(25(30)32-23)18-26-12-14-27(15-13-26)21-10-8-19(2)9-11-21/h3-11,17H,1,12-16,18H2,2H3/b23-17+. The lowest BCUT2D eigenvalue weighted by Gasteiger charge is -2.37. The van der Waals surface area contributed by atoms with Crippen molar-refractivity contribution in [3.05, 3.63) is 77.2 Å². The van der Waals surface area contributed by atoms with Crippen molar-refractivity contribution in [1.29, 1.82) is 0 Å². The molecule has 166 valence electrons. The van der Waals surface area contributed by atoms with Gasteiger partial charge in [0.15, 0.2) is 0 Å². The van der Waals surface area contributed by atoms with E-state index in [0.29, 0.717) is 23.9 Å². The van der Waals surface area contributed by atoms with Crippen LogP contribution in [0.15, 0.2) is 66.1 Å². The van der Waals surface area contributed by atoms with Crippen molar-refractivity contribution in [2.75, 3.05) is 44.4 Å². The largest absolute Gasteiger partial charge is 0.489 e. The molecule has 32 heavy (non-hydrogen) atoms. The minimum atomic E-state index is -0.250. The van der Waals surface area contributed by atoms with E-state index in [1.54, 1.807) is 12.2 Å². The van der Waals surface area contributed by atoms with Gasteiger partial charge in [0.25, 0.3) is 11.1 Å². The van der Waals surface area contributed by atoms with Crippen LogP contribution in [-0.2, 0) is 4.79 Å². The van der Waals surface area contributed by atoms with Gasteiger partial charge in [-0.05, 0) is 43.0 Å². The highest BCUT2D eigenvalue weighted by atomic mass is 32.2. The zero-order valence-electron chi connectivity index (χ0n) is 18.2. The molecule has 2 saturated heterocycles. The minimum absolute atomic E-state index is 0.230. The summed E-state index contributed by atoms with van der Waals surface area (Å²) >= 11 is 0.982. The first-order valence-corrected chi connectivity index (χ1v) is 11.5. The maximum absolute atomic E-state index is 13.0. The molecular formula is C25H27N3O3S. The van der Waals surface area contributed by atoms with Gasteiger partial charge in [0.1, 0.15) is 12.4 Å². The summed E-state index contributed by atoms with van der Waals surface area (Å²) < 4.78 is 5.67. The number of para-hydroxylation sites is 1. The van der Waals surface area contributed by atoms with Crippen LogP contribution in [0.3, 0.4) is 0 Å². The summed E-state index contributed by atoms with van der Waals surface area (Å²) in [4.78, 5) is 31.8. The fourth-order valence-corrected chi connectivity index (χ4v) is 4.57. The van der Waals surface area contributed by atoms with Crippen LogP contribution in [0.2, 0.25) is 0 Å². The number of benzene rings is 2. The van der Waals surface area contributed by atoms with Crippen molar-refractivity contribution in [3.8, 4) is 5.75 Å². The van der Waals surface area contributed by atoms with E-state index >= 15 is 0 Å². The number of rotatable bonds is 7. The smallest absolute Gasteiger partial charge is 0.294 e. The van der Waals surface area contributed by atoms with Crippen LogP contribution in [0.4, 0.5) is 10.5 Å². The van der Waals surface area contributed by atoms with E-state index in [1.165, 1.54) is 16.2 Å². The van der Waals surface area contributed by atoms with Crippen molar-refractivity contribution in [1.82, 2.24) is 9.80 Å². The molecule has 2 fully saturated rings. The lowest BCUT2D eigenvalue weighted by molar-refractivity contribution is -0.124. The predicted octanol–water partition coefficient (Wildman–Crippen LogP) is 4.38. The monoisotopic (exact) mass is 449 g/mol. The van der Waals surface area contributed by atoms with Crippen LogP contribution in [0.5, 0.6) is 5.75 Å². The van der Waals surface area contributed by atoms with Crippen LogP contribution in [0.25, 0.3) is 6.08 Å². The minimum Gasteiger partial charge on any atom is -0.489 e. The van der Waals surface area contributed by atoms with Crippen molar-refractivity contribution in [2.45, 2.75) is 6.92 Å². The average Bonchev–Trinajstić information content (AvgIpc) is 3.07. The third-order valence-electron chi connectivity index (χ3n) is 5.55.